The Hall–Kier alpha value is -1.09. The molecule has 1 N–H and O–H groups in total. The molecule has 0 aromatic heterocycles. The Balaban J connectivity index is 0. The molecule has 2 aromatic carbocycles. The third-order valence-corrected chi connectivity index (χ3v) is 1.96. The number of aryl methyl sites for hydroxylation is 1. The molecule has 2 rings (SSSR count). The number of rotatable bonds is 1. The third kappa shape index (κ3) is 6.95. The SMILES string of the molecule is Cc1ccccc1.O=C(O)c1ccccc1.[H-].[Na+]. The van der Waals surface area contributed by atoms with E-state index in [0.717, 1.165) is 0 Å². The second kappa shape index (κ2) is 8.99. The van der Waals surface area contributed by atoms with E-state index in [9.17, 15) is 4.79 Å². The van der Waals surface area contributed by atoms with Gasteiger partial charge in [0.1, 0.15) is 0 Å². The number of carbonyl (C=O) groups is 1. The molecule has 2 nitrogen and oxygen atoms in total. The first-order valence-corrected chi connectivity index (χ1v) is 5.00. The van der Waals surface area contributed by atoms with Crippen LogP contribution in [-0.2, 0) is 0 Å². The van der Waals surface area contributed by atoms with Crippen LogP contribution in [0.25, 0.3) is 0 Å². The Kier molecular flexibility index (Phi) is 8.42. The smallest absolute Gasteiger partial charge is 1.00 e. The molecule has 0 atom stereocenters. The maximum Gasteiger partial charge on any atom is 1.00 e. The minimum absolute atomic E-state index is 0. The van der Waals surface area contributed by atoms with E-state index in [1.165, 1.54) is 5.56 Å². The molecule has 0 amide bonds. The molecule has 0 heterocycles. The van der Waals surface area contributed by atoms with E-state index in [1.807, 2.05) is 18.2 Å². The Morgan fingerprint density at radius 3 is 1.59 bits per heavy atom. The first kappa shape index (κ1) is 15.9. The normalized spacial score (nSPS) is 8.29. The number of hydrogen-bond donors (Lipinski definition) is 1. The number of hydrogen-bond acceptors (Lipinski definition) is 1. The molecule has 0 spiro atoms. The topological polar surface area (TPSA) is 37.3 Å². The van der Waals surface area contributed by atoms with E-state index >= 15 is 0 Å². The van der Waals surface area contributed by atoms with Crippen LogP contribution >= 0.6 is 0 Å². The first-order valence-electron chi connectivity index (χ1n) is 5.00. The Labute approximate surface area is 125 Å². The van der Waals surface area contributed by atoms with Gasteiger partial charge in [-0.3, -0.25) is 0 Å². The molecular weight excluding hydrogens is 223 g/mol. The molecule has 17 heavy (non-hydrogen) atoms. The van der Waals surface area contributed by atoms with Crippen molar-refractivity contribution in [3.63, 3.8) is 0 Å². The van der Waals surface area contributed by atoms with Crippen LogP contribution in [0.2, 0.25) is 0 Å². The molecule has 0 aliphatic heterocycles. The minimum Gasteiger partial charge on any atom is -1.00 e. The van der Waals surface area contributed by atoms with Crippen molar-refractivity contribution in [3.05, 3.63) is 71.8 Å². The van der Waals surface area contributed by atoms with Gasteiger partial charge in [-0.2, -0.15) is 0 Å². The van der Waals surface area contributed by atoms with Crippen molar-refractivity contribution in [2.75, 3.05) is 0 Å². The fourth-order valence-electron chi connectivity index (χ4n) is 1.12. The fraction of sp³-hybridized carbons (Fsp3) is 0.0714. The van der Waals surface area contributed by atoms with Crippen LogP contribution < -0.4 is 29.6 Å². The van der Waals surface area contributed by atoms with E-state index in [-0.39, 0.29) is 31.0 Å². The molecule has 0 saturated carbocycles. The third-order valence-electron chi connectivity index (χ3n) is 1.96. The van der Waals surface area contributed by atoms with Crippen molar-refractivity contribution >= 4 is 5.97 Å². The van der Waals surface area contributed by atoms with Gasteiger partial charge in [-0.15, -0.1) is 0 Å². The second-order valence-electron chi connectivity index (χ2n) is 3.33. The van der Waals surface area contributed by atoms with Gasteiger partial charge in [-0.25, -0.2) is 4.79 Å². The summed E-state index contributed by atoms with van der Waals surface area (Å²) in [5, 5.41) is 8.38. The monoisotopic (exact) mass is 238 g/mol. The van der Waals surface area contributed by atoms with Crippen LogP contribution in [0.1, 0.15) is 17.3 Å². The predicted octanol–water partition coefficient (Wildman–Crippen LogP) is 0.496. The van der Waals surface area contributed by atoms with E-state index in [4.69, 9.17) is 5.11 Å². The van der Waals surface area contributed by atoms with E-state index in [1.54, 1.807) is 30.3 Å². The van der Waals surface area contributed by atoms with Gasteiger partial charge < -0.3 is 6.53 Å². The van der Waals surface area contributed by atoms with Crippen molar-refractivity contribution in [2.45, 2.75) is 6.92 Å². The van der Waals surface area contributed by atoms with E-state index in [2.05, 4.69) is 19.1 Å². The molecule has 3 heteroatoms. The number of benzene rings is 2. The molecule has 0 radical (unpaired) electrons. The van der Waals surface area contributed by atoms with Crippen molar-refractivity contribution in [1.82, 2.24) is 0 Å². The van der Waals surface area contributed by atoms with E-state index in [0.29, 0.717) is 5.56 Å². The summed E-state index contributed by atoms with van der Waals surface area (Å²) >= 11 is 0. The van der Waals surface area contributed by atoms with Crippen molar-refractivity contribution in [2.24, 2.45) is 0 Å². The zero-order valence-electron chi connectivity index (χ0n) is 11.1. The summed E-state index contributed by atoms with van der Waals surface area (Å²) in [5.74, 6) is -0.879. The average molecular weight is 238 g/mol. The molecule has 0 aliphatic carbocycles. The zero-order chi connectivity index (χ0) is 11.8. The van der Waals surface area contributed by atoms with Crippen LogP contribution in [0.5, 0.6) is 0 Å². The summed E-state index contributed by atoms with van der Waals surface area (Å²) < 4.78 is 0. The van der Waals surface area contributed by atoms with Gasteiger partial charge in [0.05, 0.1) is 5.56 Å². The summed E-state index contributed by atoms with van der Waals surface area (Å²) in [6.07, 6.45) is 0. The number of carboxylic acid groups (broad SMARTS) is 1. The van der Waals surface area contributed by atoms with Crippen molar-refractivity contribution in [1.29, 1.82) is 0 Å². The summed E-state index contributed by atoms with van der Waals surface area (Å²) in [6.45, 7) is 2.08. The van der Waals surface area contributed by atoms with Crippen LogP contribution in [0.15, 0.2) is 60.7 Å². The molecule has 0 fully saturated rings. The van der Waals surface area contributed by atoms with Crippen LogP contribution in [0.3, 0.4) is 0 Å². The largest absolute Gasteiger partial charge is 1.00 e. The van der Waals surface area contributed by atoms with Gasteiger partial charge in [-0.1, -0.05) is 54.1 Å². The maximum absolute atomic E-state index is 10.2. The molecule has 0 saturated heterocycles. The summed E-state index contributed by atoms with van der Waals surface area (Å²) in [6, 6.07) is 18.6. The first-order chi connectivity index (χ1) is 7.70. The standard InChI is InChI=1S/C7H6O2.C7H8.Na.H/c8-7(9)6-4-2-1-3-5-6;1-7-5-3-2-4-6-7;;/h1-5H,(H,8,9);2-6H,1H3;;/q;;+1;-1. The van der Waals surface area contributed by atoms with E-state index < -0.39 is 5.97 Å². The maximum atomic E-state index is 10.2. The molecular formula is C14H15NaO2. The summed E-state index contributed by atoms with van der Waals surface area (Å²) in [7, 11) is 0. The fourth-order valence-corrected chi connectivity index (χ4v) is 1.12. The zero-order valence-corrected chi connectivity index (χ0v) is 12.1. The minimum atomic E-state index is -0.879. The molecule has 0 aliphatic rings. The molecule has 84 valence electrons. The van der Waals surface area contributed by atoms with Gasteiger partial charge in [-0.05, 0) is 19.1 Å². The quantitative estimate of drug-likeness (QED) is 0.734. The predicted molar refractivity (Wildman–Crippen MR) is 65.7 cm³/mol. The van der Waals surface area contributed by atoms with Crippen LogP contribution in [0, 0.1) is 6.92 Å². The average Bonchev–Trinajstić information content (AvgIpc) is 2.32. The van der Waals surface area contributed by atoms with Crippen LogP contribution in [-0.4, -0.2) is 11.1 Å². The van der Waals surface area contributed by atoms with Gasteiger partial charge in [0.15, 0.2) is 0 Å². The van der Waals surface area contributed by atoms with Crippen LogP contribution in [0.4, 0.5) is 0 Å². The Bertz CT molecular complexity index is 432. The molecule has 2 aromatic rings. The van der Waals surface area contributed by atoms with Gasteiger partial charge in [0.25, 0.3) is 0 Å². The summed E-state index contributed by atoms with van der Waals surface area (Å²) in [4.78, 5) is 10.2. The Morgan fingerprint density at radius 1 is 0.941 bits per heavy atom. The molecule has 0 bridgehead atoms. The van der Waals surface area contributed by atoms with Gasteiger partial charge in [0, 0.05) is 0 Å². The number of carboxylic acids is 1. The van der Waals surface area contributed by atoms with Gasteiger partial charge >= 0.3 is 35.5 Å². The second-order valence-corrected chi connectivity index (χ2v) is 3.33. The number of aromatic carboxylic acids is 1. The van der Waals surface area contributed by atoms with Crippen molar-refractivity contribution in [3.8, 4) is 0 Å². The van der Waals surface area contributed by atoms with Crippen molar-refractivity contribution < 1.29 is 40.9 Å². The summed E-state index contributed by atoms with van der Waals surface area (Å²) in [5.41, 5.74) is 1.65. The Morgan fingerprint density at radius 2 is 1.35 bits per heavy atom. The molecule has 0 unspecified atom stereocenters. The van der Waals surface area contributed by atoms with Gasteiger partial charge in [0.2, 0.25) is 0 Å².